The van der Waals surface area contributed by atoms with E-state index in [-0.39, 0.29) is 16.7 Å². The highest BCUT2D eigenvalue weighted by Gasteiger charge is 2.34. The van der Waals surface area contributed by atoms with Gasteiger partial charge in [0.25, 0.3) is 0 Å². The topological polar surface area (TPSA) is 48.5 Å². The molecule has 0 N–H and O–H groups in total. The Bertz CT molecular complexity index is 800. The van der Waals surface area contributed by atoms with Crippen LogP contribution in [0.1, 0.15) is 12.5 Å². The lowest BCUT2D eigenvalue weighted by molar-refractivity contribution is -0.136. The van der Waals surface area contributed by atoms with E-state index in [1.807, 2.05) is 6.92 Å². The van der Waals surface area contributed by atoms with Gasteiger partial charge in [0.15, 0.2) is 5.65 Å². The first-order valence-corrected chi connectivity index (χ1v) is 6.33. The van der Waals surface area contributed by atoms with Crippen molar-refractivity contribution in [3.63, 3.8) is 0 Å². The molecule has 0 aliphatic heterocycles. The minimum atomic E-state index is -4.46. The van der Waals surface area contributed by atoms with E-state index in [0.29, 0.717) is 12.1 Å². The molecule has 0 aliphatic rings. The van der Waals surface area contributed by atoms with Crippen LogP contribution < -0.4 is 0 Å². The largest absolute Gasteiger partial charge is 0.417 e. The molecule has 8 heteroatoms. The molecule has 0 amide bonds. The van der Waals surface area contributed by atoms with E-state index in [1.54, 1.807) is 17.9 Å². The number of hydrogen-bond donors (Lipinski definition) is 0. The lowest BCUT2D eigenvalue weighted by Crippen LogP contribution is -2.07. The summed E-state index contributed by atoms with van der Waals surface area (Å²) >= 11 is 0. The van der Waals surface area contributed by atoms with Crippen LogP contribution in [0.25, 0.3) is 22.3 Å². The lowest BCUT2D eigenvalue weighted by atomic mass is 10.1. The van der Waals surface area contributed by atoms with Gasteiger partial charge in [-0.3, -0.25) is 9.36 Å². The van der Waals surface area contributed by atoms with Gasteiger partial charge in [-0.15, -0.1) is 0 Å². The average Bonchev–Trinajstić information content (AvgIpc) is 3.04. The Labute approximate surface area is 118 Å². The molecule has 3 rings (SSSR count). The predicted octanol–water partition coefficient (Wildman–Crippen LogP) is 2.87. The zero-order chi connectivity index (χ0) is 15.2. The molecule has 0 saturated carbocycles. The molecular weight excluding hydrogens is 283 g/mol. The van der Waals surface area contributed by atoms with Crippen molar-refractivity contribution in [1.29, 1.82) is 0 Å². The monoisotopic (exact) mass is 295 g/mol. The summed E-state index contributed by atoms with van der Waals surface area (Å²) in [6, 6.07) is 1.04. The minimum absolute atomic E-state index is 0.00312. The van der Waals surface area contributed by atoms with Gasteiger partial charge < -0.3 is 0 Å². The molecule has 0 radical (unpaired) electrons. The van der Waals surface area contributed by atoms with Gasteiger partial charge in [0, 0.05) is 25.4 Å². The standard InChI is InChI=1S/C13H12F3N5/c1-3-21-7-8(5-18-21)11-4-10(13(14,15)16)9-6-17-20(2)12(9)19-11/h4-7H,3H2,1-2H3. The highest BCUT2D eigenvalue weighted by Crippen LogP contribution is 2.36. The van der Waals surface area contributed by atoms with Gasteiger partial charge in [0.1, 0.15) is 0 Å². The number of rotatable bonds is 2. The van der Waals surface area contributed by atoms with Crippen molar-refractivity contribution in [2.45, 2.75) is 19.6 Å². The normalized spacial score (nSPS) is 12.2. The van der Waals surface area contributed by atoms with Crippen molar-refractivity contribution in [3.8, 4) is 11.3 Å². The van der Waals surface area contributed by atoms with E-state index in [9.17, 15) is 13.2 Å². The van der Waals surface area contributed by atoms with Crippen molar-refractivity contribution in [3.05, 3.63) is 30.2 Å². The molecule has 0 aromatic carbocycles. The Balaban J connectivity index is 2.26. The van der Waals surface area contributed by atoms with Crippen LogP contribution in [-0.4, -0.2) is 24.5 Å². The molecular formula is C13H12F3N5. The Morgan fingerprint density at radius 3 is 2.57 bits per heavy atom. The van der Waals surface area contributed by atoms with Crippen LogP contribution in [0.3, 0.4) is 0 Å². The minimum Gasteiger partial charge on any atom is -0.272 e. The number of nitrogens with zero attached hydrogens (tertiary/aromatic N) is 5. The SMILES string of the molecule is CCn1cc(-c2cc(C(F)(F)F)c3cnn(C)c3n2)cn1. The van der Waals surface area contributed by atoms with Gasteiger partial charge in [0.2, 0.25) is 0 Å². The van der Waals surface area contributed by atoms with Crippen LogP contribution in [0.2, 0.25) is 0 Å². The van der Waals surface area contributed by atoms with E-state index in [1.165, 1.54) is 17.1 Å². The zero-order valence-corrected chi connectivity index (χ0v) is 11.4. The summed E-state index contributed by atoms with van der Waals surface area (Å²) in [6.07, 6.45) is -0.0942. The number of aryl methyl sites for hydroxylation is 2. The molecule has 0 unspecified atom stereocenters. The number of pyridine rings is 1. The van der Waals surface area contributed by atoms with Crippen LogP contribution in [0, 0.1) is 0 Å². The summed E-state index contributed by atoms with van der Waals surface area (Å²) in [4.78, 5) is 4.27. The van der Waals surface area contributed by atoms with Crippen molar-refractivity contribution in [1.82, 2.24) is 24.5 Å². The van der Waals surface area contributed by atoms with Crippen molar-refractivity contribution >= 4 is 11.0 Å². The molecule has 3 aromatic rings. The highest BCUT2D eigenvalue weighted by molar-refractivity contribution is 5.82. The van der Waals surface area contributed by atoms with E-state index >= 15 is 0 Å². The van der Waals surface area contributed by atoms with Crippen molar-refractivity contribution < 1.29 is 13.2 Å². The van der Waals surface area contributed by atoms with Crippen molar-refractivity contribution in [2.75, 3.05) is 0 Å². The molecule has 21 heavy (non-hydrogen) atoms. The fourth-order valence-electron chi connectivity index (χ4n) is 2.17. The average molecular weight is 295 g/mol. The Kier molecular flexibility index (Phi) is 2.96. The summed E-state index contributed by atoms with van der Waals surface area (Å²) < 4.78 is 42.6. The number of halogens is 3. The molecule has 5 nitrogen and oxygen atoms in total. The van der Waals surface area contributed by atoms with E-state index in [2.05, 4.69) is 15.2 Å². The van der Waals surface area contributed by atoms with Gasteiger partial charge in [-0.2, -0.15) is 23.4 Å². The fraction of sp³-hybridized carbons (Fsp3) is 0.308. The summed E-state index contributed by atoms with van der Waals surface area (Å²) in [7, 11) is 1.56. The number of aromatic nitrogens is 5. The first-order chi connectivity index (χ1) is 9.90. The Morgan fingerprint density at radius 2 is 1.95 bits per heavy atom. The van der Waals surface area contributed by atoms with Gasteiger partial charge >= 0.3 is 6.18 Å². The van der Waals surface area contributed by atoms with Crippen LogP contribution in [0.15, 0.2) is 24.7 Å². The predicted molar refractivity (Wildman–Crippen MR) is 70.4 cm³/mol. The maximum Gasteiger partial charge on any atom is 0.417 e. The molecule has 3 heterocycles. The summed E-state index contributed by atoms with van der Waals surface area (Å²) in [5.74, 6) is 0. The molecule has 0 aliphatic carbocycles. The van der Waals surface area contributed by atoms with Crippen LogP contribution in [0.5, 0.6) is 0 Å². The molecule has 0 bridgehead atoms. The highest BCUT2D eigenvalue weighted by atomic mass is 19.4. The first kappa shape index (κ1) is 13.6. The summed E-state index contributed by atoms with van der Waals surface area (Å²) in [5, 5.41) is 7.92. The number of fused-ring (bicyclic) bond motifs is 1. The lowest BCUT2D eigenvalue weighted by Gasteiger charge is -2.09. The van der Waals surface area contributed by atoms with Gasteiger partial charge in [-0.1, -0.05) is 0 Å². The van der Waals surface area contributed by atoms with Crippen molar-refractivity contribution in [2.24, 2.45) is 7.05 Å². The van der Waals surface area contributed by atoms with E-state index in [0.717, 1.165) is 6.07 Å². The fourth-order valence-corrected chi connectivity index (χ4v) is 2.17. The quantitative estimate of drug-likeness (QED) is 0.730. The second-order valence-corrected chi connectivity index (χ2v) is 4.64. The molecule has 110 valence electrons. The maximum absolute atomic E-state index is 13.2. The smallest absolute Gasteiger partial charge is 0.272 e. The maximum atomic E-state index is 13.2. The van der Waals surface area contributed by atoms with Crippen LogP contribution in [-0.2, 0) is 19.8 Å². The third-order valence-corrected chi connectivity index (χ3v) is 3.26. The third kappa shape index (κ3) is 2.26. The number of hydrogen-bond acceptors (Lipinski definition) is 3. The molecule has 3 aromatic heterocycles. The number of alkyl halides is 3. The Hall–Kier alpha value is -2.38. The second kappa shape index (κ2) is 4.57. The first-order valence-electron chi connectivity index (χ1n) is 6.33. The second-order valence-electron chi connectivity index (χ2n) is 4.64. The van der Waals surface area contributed by atoms with Crippen LogP contribution in [0.4, 0.5) is 13.2 Å². The van der Waals surface area contributed by atoms with E-state index < -0.39 is 11.7 Å². The van der Waals surface area contributed by atoms with Gasteiger partial charge in [-0.05, 0) is 13.0 Å². The summed E-state index contributed by atoms with van der Waals surface area (Å²) in [6.45, 7) is 2.54. The Morgan fingerprint density at radius 1 is 1.19 bits per heavy atom. The molecule has 0 atom stereocenters. The summed E-state index contributed by atoms with van der Waals surface area (Å²) in [5.41, 5.74) is 0.243. The molecule has 0 saturated heterocycles. The zero-order valence-electron chi connectivity index (χ0n) is 11.4. The van der Waals surface area contributed by atoms with E-state index in [4.69, 9.17) is 0 Å². The van der Waals surface area contributed by atoms with Gasteiger partial charge in [0.05, 0.1) is 29.0 Å². The molecule has 0 spiro atoms. The van der Waals surface area contributed by atoms with Crippen LogP contribution >= 0.6 is 0 Å². The third-order valence-electron chi connectivity index (χ3n) is 3.26. The molecule has 0 fully saturated rings. The van der Waals surface area contributed by atoms with Gasteiger partial charge in [-0.25, -0.2) is 4.98 Å².